The van der Waals surface area contributed by atoms with Crippen LogP contribution in [0.2, 0.25) is 0 Å². The number of rotatable bonds is 5. The van der Waals surface area contributed by atoms with E-state index in [1.54, 1.807) is 0 Å². The van der Waals surface area contributed by atoms with Gasteiger partial charge in [0.1, 0.15) is 0 Å². The average molecular weight is 146 g/mol. The van der Waals surface area contributed by atoms with E-state index in [2.05, 4.69) is 6.92 Å². The zero-order valence-electron chi connectivity index (χ0n) is 6.88. The summed E-state index contributed by atoms with van der Waals surface area (Å²) in [5.41, 5.74) is 0. The van der Waals surface area contributed by atoms with Crippen molar-refractivity contribution in [1.29, 1.82) is 0 Å². The maximum absolute atomic E-state index is 8.74. The quantitative estimate of drug-likeness (QED) is 0.608. The van der Waals surface area contributed by atoms with Crippen molar-refractivity contribution in [3.05, 3.63) is 0 Å². The fourth-order valence-electron chi connectivity index (χ4n) is 0.878. The molecule has 0 radical (unpaired) electrons. The van der Waals surface area contributed by atoms with Crippen molar-refractivity contribution < 1.29 is 10.2 Å². The predicted molar refractivity (Wildman–Crippen MR) is 41.7 cm³/mol. The van der Waals surface area contributed by atoms with Gasteiger partial charge in [0, 0.05) is 13.2 Å². The van der Waals surface area contributed by atoms with Gasteiger partial charge in [0.2, 0.25) is 0 Å². The van der Waals surface area contributed by atoms with E-state index < -0.39 is 0 Å². The molecule has 0 fully saturated rings. The molecule has 0 aliphatic rings. The van der Waals surface area contributed by atoms with Crippen LogP contribution in [0.3, 0.4) is 0 Å². The van der Waals surface area contributed by atoms with E-state index in [0.717, 1.165) is 12.8 Å². The topological polar surface area (TPSA) is 40.5 Å². The Kier molecular flexibility index (Phi) is 5.64. The number of hydrogen-bond acceptors (Lipinski definition) is 2. The van der Waals surface area contributed by atoms with Crippen LogP contribution in [0, 0.1) is 11.8 Å². The molecule has 0 aromatic carbocycles. The second-order valence-corrected chi connectivity index (χ2v) is 3.00. The van der Waals surface area contributed by atoms with Gasteiger partial charge in [-0.05, 0) is 24.7 Å². The molecule has 0 saturated heterocycles. The molecule has 2 N–H and O–H groups in total. The second kappa shape index (κ2) is 5.69. The van der Waals surface area contributed by atoms with Gasteiger partial charge in [0.05, 0.1) is 0 Å². The summed E-state index contributed by atoms with van der Waals surface area (Å²) in [6, 6.07) is 0. The summed E-state index contributed by atoms with van der Waals surface area (Å²) in [4.78, 5) is 0. The Morgan fingerprint density at radius 3 is 2.10 bits per heavy atom. The molecule has 0 bridgehead atoms. The van der Waals surface area contributed by atoms with Crippen LogP contribution in [0.1, 0.15) is 26.7 Å². The first-order chi connectivity index (χ1) is 4.72. The first-order valence-electron chi connectivity index (χ1n) is 3.94. The summed E-state index contributed by atoms with van der Waals surface area (Å²) in [6.07, 6.45) is 1.86. The third-order valence-electron chi connectivity index (χ3n) is 2.08. The Bertz CT molecular complexity index is 73.7. The number of hydrogen-bond donors (Lipinski definition) is 2. The van der Waals surface area contributed by atoms with Crippen molar-refractivity contribution in [2.75, 3.05) is 13.2 Å². The van der Waals surface area contributed by atoms with E-state index in [1.807, 2.05) is 6.92 Å². The molecular formula is C8H18O2. The maximum Gasteiger partial charge on any atom is 0.0459 e. The molecule has 0 heterocycles. The molecule has 10 heavy (non-hydrogen) atoms. The van der Waals surface area contributed by atoms with Crippen molar-refractivity contribution in [2.45, 2.75) is 26.7 Å². The summed E-state index contributed by atoms with van der Waals surface area (Å²) >= 11 is 0. The lowest BCUT2D eigenvalue weighted by atomic mass is 9.92. The largest absolute Gasteiger partial charge is 0.396 e. The van der Waals surface area contributed by atoms with E-state index in [4.69, 9.17) is 10.2 Å². The van der Waals surface area contributed by atoms with Gasteiger partial charge in [-0.3, -0.25) is 0 Å². The molecule has 0 rings (SSSR count). The molecule has 2 heteroatoms. The summed E-state index contributed by atoms with van der Waals surface area (Å²) < 4.78 is 0. The lowest BCUT2D eigenvalue weighted by Gasteiger charge is -2.16. The van der Waals surface area contributed by atoms with Gasteiger partial charge >= 0.3 is 0 Å². The van der Waals surface area contributed by atoms with Gasteiger partial charge in [-0.25, -0.2) is 0 Å². The van der Waals surface area contributed by atoms with Crippen LogP contribution >= 0.6 is 0 Å². The van der Waals surface area contributed by atoms with Gasteiger partial charge in [-0.2, -0.15) is 0 Å². The highest BCUT2D eigenvalue weighted by Crippen LogP contribution is 2.15. The van der Waals surface area contributed by atoms with Crippen LogP contribution in [0.5, 0.6) is 0 Å². The minimum Gasteiger partial charge on any atom is -0.396 e. The summed E-state index contributed by atoms with van der Waals surface area (Å²) in [5, 5.41) is 17.2. The molecule has 62 valence electrons. The van der Waals surface area contributed by atoms with E-state index >= 15 is 0 Å². The Hall–Kier alpha value is -0.0800. The molecule has 0 saturated carbocycles. The molecule has 0 aromatic heterocycles. The first kappa shape index (κ1) is 9.92. The Balaban J connectivity index is 3.31. The van der Waals surface area contributed by atoms with Crippen LogP contribution in [0.25, 0.3) is 0 Å². The van der Waals surface area contributed by atoms with Crippen molar-refractivity contribution in [1.82, 2.24) is 0 Å². The van der Waals surface area contributed by atoms with Crippen LogP contribution in [0.4, 0.5) is 0 Å². The highest BCUT2D eigenvalue weighted by atomic mass is 16.3. The molecule has 2 unspecified atom stereocenters. The van der Waals surface area contributed by atoms with Gasteiger partial charge in [0.25, 0.3) is 0 Å². The molecule has 2 atom stereocenters. The fourth-order valence-corrected chi connectivity index (χ4v) is 0.878. The Morgan fingerprint density at radius 2 is 1.70 bits per heavy atom. The van der Waals surface area contributed by atoms with E-state index in [0.29, 0.717) is 11.8 Å². The molecule has 0 aromatic rings. The first-order valence-corrected chi connectivity index (χ1v) is 3.94. The Morgan fingerprint density at radius 1 is 1.10 bits per heavy atom. The van der Waals surface area contributed by atoms with Crippen LogP contribution in [-0.4, -0.2) is 23.4 Å². The molecule has 0 spiro atoms. The summed E-state index contributed by atoms with van der Waals surface area (Å²) in [5.74, 6) is 0.892. The van der Waals surface area contributed by atoms with Crippen LogP contribution in [-0.2, 0) is 0 Å². The molecule has 2 nitrogen and oxygen atoms in total. The third kappa shape index (κ3) is 3.85. The maximum atomic E-state index is 8.74. The normalized spacial score (nSPS) is 16.8. The molecule has 0 aliphatic heterocycles. The smallest absolute Gasteiger partial charge is 0.0459 e. The number of aliphatic hydroxyl groups is 2. The second-order valence-electron chi connectivity index (χ2n) is 3.00. The van der Waals surface area contributed by atoms with Crippen molar-refractivity contribution >= 4 is 0 Å². The van der Waals surface area contributed by atoms with Gasteiger partial charge in [0.15, 0.2) is 0 Å². The van der Waals surface area contributed by atoms with E-state index in [9.17, 15) is 0 Å². The van der Waals surface area contributed by atoms with Crippen molar-refractivity contribution in [2.24, 2.45) is 11.8 Å². The van der Waals surface area contributed by atoms with E-state index in [1.165, 1.54) is 0 Å². The van der Waals surface area contributed by atoms with Crippen LogP contribution in [0.15, 0.2) is 0 Å². The highest BCUT2D eigenvalue weighted by Gasteiger charge is 2.09. The standard InChI is InChI=1S/C8H18O2/c1-7(4-3-5-9)8(2)6-10/h7-10H,3-6H2,1-2H3. The lowest BCUT2D eigenvalue weighted by molar-refractivity contribution is 0.181. The highest BCUT2D eigenvalue weighted by molar-refractivity contribution is 4.59. The SMILES string of the molecule is CC(CO)C(C)CCCO. The van der Waals surface area contributed by atoms with Gasteiger partial charge < -0.3 is 10.2 Å². The van der Waals surface area contributed by atoms with Gasteiger partial charge in [-0.1, -0.05) is 13.8 Å². The molecule has 0 amide bonds. The predicted octanol–water partition coefficient (Wildman–Crippen LogP) is 1.02. The minimum absolute atomic E-state index is 0.257. The fraction of sp³-hybridized carbons (Fsp3) is 1.00. The summed E-state index contributed by atoms with van der Waals surface area (Å²) in [7, 11) is 0. The number of aliphatic hydroxyl groups excluding tert-OH is 2. The molecular weight excluding hydrogens is 128 g/mol. The minimum atomic E-state index is 0.257. The van der Waals surface area contributed by atoms with Crippen LogP contribution < -0.4 is 0 Å². The average Bonchev–Trinajstić information content (AvgIpc) is 1.98. The van der Waals surface area contributed by atoms with Gasteiger partial charge in [-0.15, -0.1) is 0 Å². The molecule has 0 aliphatic carbocycles. The zero-order chi connectivity index (χ0) is 7.98. The Labute approximate surface area is 62.9 Å². The van der Waals surface area contributed by atoms with E-state index in [-0.39, 0.29) is 13.2 Å². The summed E-state index contributed by atoms with van der Waals surface area (Å²) in [6.45, 7) is 4.66. The van der Waals surface area contributed by atoms with Crippen molar-refractivity contribution in [3.63, 3.8) is 0 Å². The lowest BCUT2D eigenvalue weighted by Crippen LogP contribution is -2.12. The third-order valence-corrected chi connectivity index (χ3v) is 2.08. The monoisotopic (exact) mass is 146 g/mol. The zero-order valence-corrected chi connectivity index (χ0v) is 6.88. The van der Waals surface area contributed by atoms with Crippen molar-refractivity contribution in [3.8, 4) is 0 Å².